The van der Waals surface area contributed by atoms with E-state index in [1.807, 2.05) is 48.5 Å². The molecule has 1 aromatic heterocycles. The Morgan fingerprint density at radius 3 is 2.38 bits per heavy atom. The van der Waals surface area contributed by atoms with E-state index in [2.05, 4.69) is 4.98 Å². The average molecular weight is 321 g/mol. The molecule has 0 bridgehead atoms. The van der Waals surface area contributed by atoms with Gasteiger partial charge in [0.15, 0.2) is 0 Å². The predicted octanol–water partition coefficient (Wildman–Crippen LogP) is 3.27. The summed E-state index contributed by atoms with van der Waals surface area (Å²) >= 11 is 0. The maximum absolute atomic E-state index is 11.5. The molecule has 0 saturated heterocycles. The summed E-state index contributed by atoms with van der Waals surface area (Å²) in [4.78, 5) is 4.31. The van der Waals surface area contributed by atoms with Gasteiger partial charge in [-0.1, -0.05) is 36.4 Å². The standard InChI is InChI=1S/C20H19NO3/c1-24-17-10-11-18(19(22)13-17)20(23,15-7-3-2-4-8-15)14-16-9-5-6-12-21-16/h2-13,22-23H,14H2,1H3. The van der Waals surface area contributed by atoms with Gasteiger partial charge in [0.1, 0.15) is 17.1 Å². The van der Waals surface area contributed by atoms with Gasteiger partial charge in [0.25, 0.3) is 0 Å². The lowest BCUT2D eigenvalue weighted by atomic mass is 9.82. The van der Waals surface area contributed by atoms with Crippen LogP contribution in [0.3, 0.4) is 0 Å². The van der Waals surface area contributed by atoms with E-state index in [1.54, 1.807) is 18.3 Å². The fraction of sp³-hybridized carbons (Fsp3) is 0.150. The highest BCUT2D eigenvalue weighted by Gasteiger charge is 2.35. The Balaban J connectivity index is 2.12. The van der Waals surface area contributed by atoms with Gasteiger partial charge in [-0.15, -0.1) is 0 Å². The molecule has 0 radical (unpaired) electrons. The zero-order valence-corrected chi connectivity index (χ0v) is 13.4. The minimum Gasteiger partial charge on any atom is -0.507 e. The zero-order chi connectivity index (χ0) is 17.0. The van der Waals surface area contributed by atoms with E-state index in [0.29, 0.717) is 16.9 Å². The summed E-state index contributed by atoms with van der Waals surface area (Å²) in [6.45, 7) is 0. The molecule has 3 rings (SSSR count). The molecule has 122 valence electrons. The van der Waals surface area contributed by atoms with Crippen LogP contribution in [-0.2, 0) is 12.0 Å². The van der Waals surface area contributed by atoms with Crippen LogP contribution in [0.25, 0.3) is 0 Å². The summed E-state index contributed by atoms with van der Waals surface area (Å²) in [5.74, 6) is 0.515. The van der Waals surface area contributed by atoms with Crippen molar-refractivity contribution in [1.82, 2.24) is 4.98 Å². The molecule has 1 atom stereocenters. The van der Waals surface area contributed by atoms with Gasteiger partial charge in [-0.05, 0) is 29.8 Å². The molecule has 4 nitrogen and oxygen atoms in total. The van der Waals surface area contributed by atoms with Gasteiger partial charge in [0.2, 0.25) is 0 Å². The van der Waals surface area contributed by atoms with E-state index in [1.165, 1.54) is 13.2 Å². The Labute approximate surface area is 141 Å². The van der Waals surface area contributed by atoms with Crippen LogP contribution in [0.4, 0.5) is 0 Å². The molecular weight excluding hydrogens is 302 g/mol. The Morgan fingerprint density at radius 2 is 1.75 bits per heavy atom. The van der Waals surface area contributed by atoms with Gasteiger partial charge in [0.05, 0.1) is 7.11 Å². The number of rotatable bonds is 5. The van der Waals surface area contributed by atoms with Crippen LogP contribution in [0.15, 0.2) is 72.9 Å². The minimum atomic E-state index is -1.40. The first-order chi connectivity index (χ1) is 11.6. The molecule has 2 aromatic carbocycles. The van der Waals surface area contributed by atoms with E-state index in [0.717, 1.165) is 5.69 Å². The monoisotopic (exact) mass is 321 g/mol. The Bertz CT molecular complexity index is 806. The number of nitrogens with zero attached hydrogens (tertiary/aromatic N) is 1. The van der Waals surface area contributed by atoms with Crippen LogP contribution in [0.5, 0.6) is 11.5 Å². The van der Waals surface area contributed by atoms with Crippen molar-refractivity contribution in [3.8, 4) is 11.5 Å². The number of hydrogen-bond acceptors (Lipinski definition) is 4. The van der Waals surface area contributed by atoms with Gasteiger partial charge < -0.3 is 14.9 Å². The molecule has 24 heavy (non-hydrogen) atoms. The van der Waals surface area contributed by atoms with Crippen molar-refractivity contribution in [3.05, 3.63) is 89.7 Å². The Morgan fingerprint density at radius 1 is 1.00 bits per heavy atom. The molecule has 0 aliphatic heterocycles. The van der Waals surface area contributed by atoms with Gasteiger partial charge >= 0.3 is 0 Å². The summed E-state index contributed by atoms with van der Waals surface area (Å²) in [7, 11) is 1.53. The molecule has 1 unspecified atom stereocenters. The van der Waals surface area contributed by atoms with Crippen LogP contribution in [0.1, 0.15) is 16.8 Å². The lowest BCUT2D eigenvalue weighted by Gasteiger charge is -2.30. The summed E-state index contributed by atoms with van der Waals surface area (Å²) in [5.41, 5.74) is 0.446. The van der Waals surface area contributed by atoms with Crippen molar-refractivity contribution in [2.75, 3.05) is 7.11 Å². The average Bonchev–Trinajstić information content (AvgIpc) is 2.63. The van der Waals surface area contributed by atoms with E-state index in [-0.39, 0.29) is 12.2 Å². The topological polar surface area (TPSA) is 62.6 Å². The highest BCUT2D eigenvalue weighted by Crippen LogP contribution is 2.39. The molecule has 0 aliphatic carbocycles. The quantitative estimate of drug-likeness (QED) is 0.757. The minimum absolute atomic E-state index is 0.0170. The second-order valence-electron chi connectivity index (χ2n) is 5.61. The number of aromatic nitrogens is 1. The molecular formula is C20H19NO3. The van der Waals surface area contributed by atoms with Crippen molar-refractivity contribution in [2.24, 2.45) is 0 Å². The SMILES string of the molecule is COc1ccc(C(O)(Cc2ccccn2)c2ccccc2)c(O)c1. The molecule has 0 spiro atoms. The molecule has 0 fully saturated rings. The van der Waals surface area contributed by atoms with E-state index in [4.69, 9.17) is 4.74 Å². The third-order valence-electron chi connectivity index (χ3n) is 4.06. The first-order valence-corrected chi connectivity index (χ1v) is 7.69. The lowest BCUT2D eigenvalue weighted by molar-refractivity contribution is 0.0772. The fourth-order valence-electron chi connectivity index (χ4n) is 2.82. The highest BCUT2D eigenvalue weighted by atomic mass is 16.5. The first kappa shape index (κ1) is 16.0. The van der Waals surface area contributed by atoms with Crippen molar-refractivity contribution in [1.29, 1.82) is 0 Å². The van der Waals surface area contributed by atoms with Crippen LogP contribution in [0, 0.1) is 0 Å². The second-order valence-corrected chi connectivity index (χ2v) is 5.61. The molecule has 0 amide bonds. The Hall–Kier alpha value is -2.85. The van der Waals surface area contributed by atoms with Crippen LogP contribution in [-0.4, -0.2) is 22.3 Å². The van der Waals surface area contributed by atoms with Crippen molar-refractivity contribution < 1.29 is 14.9 Å². The number of aromatic hydroxyl groups is 1. The van der Waals surface area contributed by atoms with Gasteiger partial charge in [-0.25, -0.2) is 0 Å². The van der Waals surface area contributed by atoms with Gasteiger partial charge in [0, 0.05) is 29.9 Å². The largest absolute Gasteiger partial charge is 0.507 e. The predicted molar refractivity (Wildman–Crippen MR) is 92.0 cm³/mol. The maximum atomic E-state index is 11.5. The van der Waals surface area contributed by atoms with Gasteiger partial charge in [-0.3, -0.25) is 4.98 Å². The summed E-state index contributed by atoms with van der Waals surface area (Å²) in [6.07, 6.45) is 1.94. The molecule has 1 heterocycles. The molecule has 0 saturated carbocycles. The maximum Gasteiger partial charge on any atom is 0.125 e. The number of methoxy groups -OCH3 is 1. The number of phenolic OH excluding ortho intramolecular Hbond substituents is 1. The summed E-state index contributed by atoms with van der Waals surface area (Å²) in [6, 6.07) is 19.8. The van der Waals surface area contributed by atoms with Crippen LogP contribution >= 0.6 is 0 Å². The molecule has 3 aromatic rings. The summed E-state index contributed by atoms with van der Waals surface area (Å²) in [5, 5.41) is 21.9. The highest BCUT2D eigenvalue weighted by molar-refractivity contribution is 5.48. The summed E-state index contributed by atoms with van der Waals surface area (Å²) < 4.78 is 5.13. The molecule has 4 heteroatoms. The molecule has 2 N–H and O–H groups in total. The number of hydrogen-bond donors (Lipinski definition) is 2. The number of pyridine rings is 1. The molecule has 0 aliphatic rings. The Kier molecular flexibility index (Phi) is 4.49. The fourth-order valence-corrected chi connectivity index (χ4v) is 2.82. The zero-order valence-electron chi connectivity index (χ0n) is 13.4. The van der Waals surface area contributed by atoms with Crippen LogP contribution in [0.2, 0.25) is 0 Å². The smallest absolute Gasteiger partial charge is 0.125 e. The van der Waals surface area contributed by atoms with E-state index >= 15 is 0 Å². The number of benzene rings is 2. The van der Waals surface area contributed by atoms with Crippen LogP contribution < -0.4 is 4.74 Å². The second kappa shape index (κ2) is 6.72. The van der Waals surface area contributed by atoms with Gasteiger partial charge in [-0.2, -0.15) is 0 Å². The van der Waals surface area contributed by atoms with Crippen molar-refractivity contribution in [3.63, 3.8) is 0 Å². The van der Waals surface area contributed by atoms with Crippen molar-refractivity contribution >= 4 is 0 Å². The lowest BCUT2D eigenvalue weighted by Crippen LogP contribution is -2.30. The number of ether oxygens (including phenoxy) is 1. The third kappa shape index (κ3) is 3.09. The van der Waals surface area contributed by atoms with E-state index < -0.39 is 5.60 Å². The first-order valence-electron chi connectivity index (χ1n) is 7.69. The number of aliphatic hydroxyl groups is 1. The van der Waals surface area contributed by atoms with Crippen molar-refractivity contribution in [2.45, 2.75) is 12.0 Å². The number of phenols is 1. The normalized spacial score (nSPS) is 13.2. The third-order valence-corrected chi connectivity index (χ3v) is 4.06. The van der Waals surface area contributed by atoms with E-state index in [9.17, 15) is 10.2 Å².